The lowest BCUT2D eigenvalue weighted by Gasteiger charge is -2.39. The maximum Gasteiger partial charge on any atom is 0.220 e. The molecule has 8 nitrogen and oxygen atoms in total. The Morgan fingerprint density at radius 3 is 2.33 bits per heavy atom. The molecule has 2 unspecified atom stereocenters. The maximum absolute atomic E-state index is 9.92. The molecule has 8 heteroatoms. The Morgan fingerprint density at radius 2 is 1.75 bits per heavy atom. The van der Waals surface area contributed by atoms with Gasteiger partial charge in [-0.05, 0) is 24.1 Å². The lowest BCUT2D eigenvalue weighted by atomic mass is 9.99. The van der Waals surface area contributed by atoms with Gasteiger partial charge in [0.15, 0.2) is 0 Å². The van der Waals surface area contributed by atoms with Crippen LogP contribution in [0.3, 0.4) is 0 Å². The number of phenols is 1. The van der Waals surface area contributed by atoms with Crippen molar-refractivity contribution in [3.05, 3.63) is 29.8 Å². The number of phenolic OH excluding ortho intramolecular Hbond substituents is 1. The molecule has 0 aliphatic carbocycles. The second-order valence-corrected chi connectivity index (χ2v) is 5.76. The van der Waals surface area contributed by atoms with E-state index in [1.807, 2.05) is 6.92 Å². The van der Waals surface area contributed by atoms with Gasteiger partial charge in [-0.15, -0.1) is 0 Å². The van der Waals surface area contributed by atoms with Crippen LogP contribution in [0.15, 0.2) is 24.3 Å². The summed E-state index contributed by atoms with van der Waals surface area (Å²) in [5.41, 5.74) is 0.763. The number of hydrogen-bond acceptors (Lipinski definition) is 8. The van der Waals surface area contributed by atoms with Crippen molar-refractivity contribution >= 4 is 0 Å². The number of benzene rings is 1. The largest absolute Gasteiger partial charge is 0.508 e. The molecule has 5 N–H and O–H groups in total. The highest BCUT2D eigenvalue weighted by Crippen LogP contribution is 2.28. The second-order valence-electron chi connectivity index (χ2n) is 5.76. The van der Waals surface area contributed by atoms with Gasteiger partial charge in [-0.25, -0.2) is 9.78 Å². The lowest BCUT2D eigenvalue weighted by Crippen LogP contribution is -2.59. The molecule has 6 atom stereocenters. The molecular formula is C16H24O8. The van der Waals surface area contributed by atoms with Gasteiger partial charge in [0.1, 0.15) is 36.3 Å². The first-order valence-electron chi connectivity index (χ1n) is 7.89. The van der Waals surface area contributed by atoms with Crippen molar-refractivity contribution in [2.24, 2.45) is 0 Å². The summed E-state index contributed by atoms with van der Waals surface area (Å²) in [6.45, 7) is 1.42. The number of ether oxygens (including phenoxy) is 1. The van der Waals surface area contributed by atoms with Crippen LogP contribution < -0.4 is 0 Å². The van der Waals surface area contributed by atoms with Crippen molar-refractivity contribution in [2.45, 2.75) is 56.6 Å². The molecule has 2 rings (SSSR count). The quantitative estimate of drug-likeness (QED) is 0.345. The smallest absolute Gasteiger partial charge is 0.220 e. The summed E-state index contributed by atoms with van der Waals surface area (Å²) < 4.78 is 5.22. The van der Waals surface area contributed by atoms with E-state index in [-0.39, 0.29) is 5.75 Å². The molecule has 0 spiro atoms. The summed E-state index contributed by atoms with van der Waals surface area (Å²) in [7, 11) is 0. The molecule has 1 aliphatic heterocycles. The van der Waals surface area contributed by atoms with Crippen LogP contribution in [0.5, 0.6) is 5.75 Å². The molecule has 1 heterocycles. The van der Waals surface area contributed by atoms with Gasteiger partial charge in [-0.3, -0.25) is 0 Å². The van der Waals surface area contributed by atoms with Gasteiger partial charge in [0.25, 0.3) is 0 Å². The molecule has 1 aromatic carbocycles. The van der Waals surface area contributed by atoms with Gasteiger partial charge in [0.05, 0.1) is 6.61 Å². The molecule has 0 amide bonds. The Bertz CT molecular complexity index is 491. The minimum Gasteiger partial charge on any atom is -0.508 e. The molecule has 1 saturated heterocycles. The van der Waals surface area contributed by atoms with Crippen molar-refractivity contribution in [2.75, 3.05) is 6.61 Å². The van der Waals surface area contributed by atoms with Crippen molar-refractivity contribution in [1.29, 1.82) is 0 Å². The average Bonchev–Trinajstić information content (AvgIpc) is 2.59. The van der Waals surface area contributed by atoms with Gasteiger partial charge < -0.3 is 30.3 Å². The van der Waals surface area contributed by atoms with Crippen LogP contribution in [0.1, 0.15) is 31.4 Å². The third kappa shape index (κ3) is 4.42. The molecule has 0 radical (unpaired) electrons. The van der Waals surface area contributed by atoms with Gasteiger partial charge in [-0.1, -0.05) is 25.5 Å². The van der Waals surface area contributed by atoms with Crippen LogP contribution >= 0.6 is 0 Å². The first-order valence-corrected chi connectivity index (χ1v) is 7.89. The SMILES string of the molecule is CCCC(OOC1O[C@H](CO)[C@@H](O)[C@H](O)[C@H]1O)c1ccc(O)cc1. The summed E-state index contributed by atoms with van der Waals surface area (Å²) in [5, 5.41) is 47.9. The van der Waals surface area contributed by atoms with E-state index in [0.717, 1.165) is 12.0 Å². The van der Waals surface area contributed by atoms with E-state index in [9.17, 15) is 20.4 Å². The summed E-state index contributed by atoms with van der Waals surface area (Å²) in [6, 6.07) is 6.42. The van der Waals surface area contributed by atoms with E-state index < -0.39 is 43.4 Å². The van der Waals surface area contributed by atoms with E-state index in [2.05, 4.69) is 0 Å². The molecule has 1 aromatic rings. The number of hydrogen-bond donors (Lipinski definition) is 5. The van der Waals surface area contributed by atoms with E-state index in [1.54, 1.807) is 12.1 Å². The summed E-state index contributed by atoms with van der Waals surface area (Å²) in [5.74, 6) is 0.129. The van der Waals surface area contributed by atoms with E-state index in [4.69, 9.17) is 19.6 Å². The van der Waals surface area contributed by atoms with Crippen molar-refractivity contribution in [1.82, 2.24) is 0 Å². The molecular weight excluding hydrogens is 320 g/mol. The zero-order valence-electron chi connectivity index (χ0n) is 13.4. The third-order valence-electron chi connectivity index (χ3n) is 3.93. The van der Waals surface area contributed by atoms with Crippen molar-refractivity contribution in [3.8, 4) is 5.75 Å². The first-order chi connectivity index (χ1) is 11.5. The zero-order chi connectivity index (χ0) is 17.7. The summed E-state index contributed by atoms with van der Waals surface area (Å²) in [6.07, 6.45) is -5.97. The summed E-state index contributed by atoms with van der Waals surface area (Å²) >= 11 is 0. The number of aliphatic hydroxyl groups excluding tert-OH is 4. The third-order valence-corrected chi connectivity index (χ3v) is 3.93. The maximum atomic E-state index is 9.92. The van der Waals surface area contributed by atoms with Gasteiger partial charge >= 0.3 is 0 Å². The summed E-state index contributed by atoms with van der Waals surface area (Å²) in [4.78, 5) is 10.5. The van der Waals surface area contributed by atoms with E-state index in [1.165, 1.54) is 12.1 Å². The minimum atomic E-state index is -1.53. The Balaban J connectivity index is 2.01. The van der Waals surface area contributed by atoms with Crippen molar-refractivity contribution in [3.63, 3.8) is 0 Å². The van der Waals surface area contributed by atoms with Crippen LogP contribution in [0, 0.1) is 0 Å². The van der Waals surface area contributed by atoms with Crippen LogP contribution in [0.25, 0.3) is 0 Å². The van der Waals surface area contributed by atoms with Crippen LogP contribution in [0.4, 0.5) is 0 Å². The van der Waals surface area contributed by atoms with E-state index in [0.29, 0.717) is 6.42 Å². The van der Waals surface area contributed by atoms with Gasteiger partial charge in [0.2, 0.25) is 6.29 Å². The van der Waals surface area contributed by atoms with Crippen LogP contribution in [-0.4, -0.2) is 62.8 Å². The Morgan fingerprint density at radius 1 is 1.08 bits per heavy atom. The second kappa shape index (κ2) is 8.72. The number of aliphatic hydroxyl groups is 4. The lowest BCUT2D eigenvalue weighted by molar-refractivity contribution is -0.442. The molecule has 0 bridgehead atoms. The minimum absolute atomic E-state index is 0.129. The van der Waals surface area contributed by atoms with E-state index >= 15 is 0 Å². The molecule has 1 aliphatic rings. The predicted molar refractivity (Wildman–Crippen MR) is 81.7 cm³/mol. The highest BCUT2D eigenvalue weighted by molar-refractivity contribution is 5.27. The topological polar surface area (TPSA) is 129 Å². The van der Waals surface area contributed by atoms with Gasteiger partial charge in [-0.2, -0.15) is 0 Å². The predicted octanol–water partition coefficient (Wildman–Crippen LogP) is -0.0185. The van der Waals surface area contributed by atoms with Crippen LogP contribution in [-0.2, 0) is 14.5 Å². The fraction of sp³-hybridized carbons (Fsp3) is 0.625. The molecule has 0 aromatic heterocycles. The average molecular weight is 344 g/mol. The fourth-order valence-corrected chi connectivity index (χ4v) is 2.49. The Kier molecular flexibility index (Phi) is 6.93. The Labute approximate surface area is 139 Å². The molecule has 0 saturated carbocycles. The van der Waals surface area contributed by atoms with Crippen LogP contribution in [0.2, 0.25) is 0 Å². The first kappa shape index (κ1) is 19.1. The number of aromatic hydroxyl groups is 1. The fourth-order valence-electron chi connectivity index (χ4n) is 2.49. The molecule has 24 heavy (non-hydrogen) atoms. The monoisotopic (exact) mass is 344 g/mol. The van der Waals surface area contributed by atoms with Gasteiger partial charge in [0, 0.05) is 0 Å². The standard InChI is InChI=1S/C16H24O8/c1-2-3-11(9-4-6-10(18)7-5-9)23-24-16-15(21)14(20)13(19)12(8-17)22-16/h4-7,11-21H,2-3,8H2,1H3/t11?,12-,13-,14+,15-,16?/m1/s1. The molecule has 1 fully saturated rings. The molecule has 136 valence electrons. The van der Waals surface area contributed by atoms with Crippen molar-refractivity contribution < 1.29 is 40.0 Å². The Hall–Kier alpha value is -1.26. The highest BCUT2D eigenvalue weighted by Gasteiger charge is 2.45. The highest BCUT2D eigenvalue weighted by atomic mass is 17.2. The number of rotatable bonds is 7. The normalized spacial score (nSPS) is 31.8. The zero-order valence-corrected chi connectivity index (χ0v) is 13.4.